The molecule has 1 aromatic heterocycles. The second kappa shape index (κ2) is 9.55. The van der Waals surface area contributed by atoms with E-state index in [9.17, 15) is 4.79 Å². The van der Waals surface area contributed by atoms with E-state index in [1.807, 2.05) is 30.3 Å². The molecule has 144 valence electrons. The standard InChI is InChI=1S/C19H26N6OS/c1-13-7-5-6-10-15(13)22-17(26)12-27-11-16-23-18(20)25-19(24-16)21-14-8-3-2-4-9-14/h2-4,8-9,13,15H,5-7,10-12H2,1H3,(H,22,26)(H3,20,21,23,24,25)/t13-,15+/m0/s1. The van der Waals surface area contributed by atoms with E-state index in [1.165, 1.54) is 31.0 Å². The van der Waals surface area contributed by atoms with Gasteiger partial charge in [-0.1, -0.05) is 38.0 Å². The predicted octanol–water partition coefficient (Wildman–Crippen LogP) is 3.13. The van der Waals surface area contributed by atoms with Crippen LogP contribution in [0.4, 0.5) is 17.6 Å². The van der Waals surface area contributed by atoms with E-state index < -0.39 is 0 Å². The predicted molar refractivity (Wildman–Crippen MR) is 110 cm³/mol. The second-order valence-corrected chi connectivity index (χ2v) is 7.84. The zero-order valence-electron chi connectivity index (χ0n) is 15.5. The third kappa shape index (κ3) is 6.09. The van der Waals surface area contributed by atoms with Crippen LogP contribution in [0.1, 0.15) is 38.4 Å². The van der Waals surface area contributed by atoms with E-state index >= 15 is 0 Å². The number of nitrogen functional groups attached to an aromatic ring is 1. The van der Waals surface area contributed by atoms with Crippen molar-refractivity contribution in [3.05, 3.63) is 36.2 Å². The fourth-order valence-electron chi connectivity index (χ4n) is 3.22. The Bertz CT molecular complexity index is 757. The van der Waals surface area contributed by atoms with Gasteiger partial charge in [0.05, 0.1) is 11.5 Å². The first-order valence-electron chi connectivity index (χ1n) is 9.30. The highest BCUT2D eigenvalue weighted by molar-refractivity contribution is 7.99. The van der Waals surface area contributed by atoms with Crippen molar-refractivity contribution < 1.29 is 4.79 Å². The molecule has 0 saturated heterocycles. The van der Waals surface area contributed by atoms with Gasteiger partial charge < -0.3 is 16.4 Å². The number of nitrogens with two attached hydrogens (primary N) is 1. The monoisotopic (exact) mass is 386 g/mol. The summed E-state index contributed by atoms with van der Waals surface area (Å²) in [6.45, 7) is 2.21. The zero-order chi connectivity index (χ0) is 19.1. The minimum absolute atomic E-state index is 0.0726. The van der Waals surface area contributed by atoms with Crippen LogP contribution in [0.3, 0.4) is 0 Å². The third-order valence-corrected chi connectivity index (χ3v) is 5.58. The summed E-state index contributed by atoms with van der Waals surface area (Å²) in [6.07, 6.45) is 4.74. The summed E-state index contributed by atoms with van der Waals surface area (Å²) in [5.41, 5.74) is 6.67. The van der Waals surface area contributed by atoms with Crippen LogP contribution in [0.25, 0.3) is 0 Å². The molecule has 2 atom stereocenters. The Balaban J connectivity index is 1.49. The lowest BCUT2D eigenvalue weighted by Crippen LogP contribution is -2.41. The van der Waals surface area contributed by atoms with Crippen LogP contribution in [0, 0.1) is 5.92 Å². The molecule has 4 N–H and O–H groups in total. The largest absolute Gasteiger partial charge is 0.368 e. The average molecular weight is 387 g/mol. The first kappa shape index (κ1) is 19.4. The highest BCUT2D eigenvalue weighted by atomic mass is 32.2. The minimum atomic E-state index is 0.0726. The Labute approximate surface area is 164 Å². The molecule has 8 heteroatoms. The molecule has 1 aliphatic rings. The van der Waals surface area contributed by atoms with Crippen LogP contribution in [0.15, 0.2) is 30.3 Å². The number of amides is 1. The molecule has 1 fully saturated rings. The molecule has 0 spiro atoms. The molecule has 1 aliphatic carbocycles. The number of anilines is 3. The Morgan fingerprint density at radius 2 is 1.96 bits per heavy atom. The quantitative estimate of drug-likeness (QED) is 0.671. The van der Waals surface area contributed by atoms with Gasteiger partial charge in [-0.15, -0.1) is 11.8 Å². The number of hydrogen-bond donors (Lipinski definition) is 3. The van der Waals surface area contributed by atoms with Crippen LogP contribution < -0.4 is 16.4 Å². The second-order valence-electron chi connectivity index (χ2n) is 6.85. The number of rotatable bonds is 7. The summed E-state index contributed by atoms with van der Waals surface area (Å²) in [4.78, 5) is 24.9. The van der Waals surface area contributed by atoms with Crippen LogP contribution in [0.5, 0.6) is 0 Å². The topological polar surface area (TPSA) is 106 Å². The van der Waals surface area contributed by atoms with E-state index in [0.717, 1.165) is 12.1 Å². The zero-order valence-corrected chi connectivity index (χ0v) is 16.3. The third-order valence-electron chi connectivity index (χ3n) is 4.65. The first-order chi connectivity index (χ1) is 13.1. The van der Waals surface area contributed by atoms with E-state index in [0.29, 0.717) is 35.2 Å². The molecule has 27 heavy (non-hydrogen) atoms. The SMILES string of the molecule is C[C@H]1CCCC[C@H]1NC(=O)CSCc1nc(N)nc(Nc2ccccc2)n1. The lowest BCUT2D eigenvalue weighted by Gasteiger charge is -2.29. The summed E-state index contributed by atoms with van der Waals surface area (Å²) in [6, 6.07) is 9.94. The van der Waals surface area contributed by atoms with Crippen molar-refractivity contribution in [1.29, 1.82) is 0 Å². The van der Waals surface area contributed by atoms with Crippen LogP contribution in [-0.2, 0) is 10.5 Å². The Hall–Kier alpha value is -2.35. The Morgan fingerprint density at radius 1 is 1.19 bits per heavy atom. The Morgan fingerprint density at radius 3 is 2.74 bits per heavy atom. The van der Waals surface area contributed by atoms with Crippen LogP contribution in [0.2, 0.25) is 0 Å². The van der Waals surface area contributed by atoms with Crippen LogP contribution in [-0.4, -0.2) is 32.7 Å². The Kier molecular flexibility index (Phi) is 6.86. The number of nitrogens with zero attached hydrogens (tertiary/aromatic N) is 3. The van der Waals surface area contributed by atoms with Crippen molar-refractivity contribution in [3.63, 3.8) is 0 Å². The number of para-hydroxylation sites is 1. The molecule has 1 aromatic carbocycles. The van der Waals surface area contributed by atoms with Gasteiger partial charge >= 0.3 is 0 Å². The van der Waals surface area contributed by atoms with Crippen molar-refractivity contribution in [2.24, 2.45) is 5.92 Å². The fraction of sp³-hybridized carbons (Fsp3) is 0.474. The van der Waals surface area contributed by atoms with E-state index in [2.05, 4.69) is 32.5 Å². The maximum atomic E-state index is 12.2. The first-order valence-corrected chi connectivity index (χ1v) is 10.5. The fourth-order valence-corrected chi connectivity index (χ4v) is 3.91. The highest BCUT2D eigenvalue weighted by Gasteiger charge is 2.22. The molecule has 0 radical (unpaired) electrons. The van der Waals surface area contributed by atoms with E-state index in [-0.39, 0.29) is 11.9 Å². The number of benzene rings is 1. The molecule has 0 unspecified atom stereocenters. The lowest BCUT2D eigenvalue weighted by atomic mass is 9.86. The van der Waals surface area contributed by atoms with Gasteiger partial charge in [0, 0.05) is 11.7 Å². The van der Waals surface area contributed by atoms with Gasteiger partial charge in [0.15, 0.2) is 0 Å². The number of carbonyl (C=O) groups excluding carboxylic acids is 1. The summed E-state index contributed by atoms with van der Waals surface area (Å²) >= 11 is 1.48. The summed E-state index contributed by atoms with van der Waals surface area (Å²) in [5.74, 6) is 2.65. The van der Waals surface area contributed by atoms with Gasteiger partial charge in [-0.25, -0.2) is 0 Å². The normalized spacial score (nSPS) is 19.4. The number of aromatic nitrogens is 3. The average Bonchev–Trinajstić information content (AvgIpc) is 2.64. The van der Waals surface area contributed by atoms with Crippen molar-refractivity contribution >= 4 is 35.3 Å². The van der Waals surface area contributed by atoms with Crippen molar-refractivity contribution in [1.82, 2.24) is 20.3 Å². The van der Waals surface area contributed by atoms with Gasteiger partial charge in [-0.3, -0.25) is 4.79 Å². The molecule has 7 nitrogen and oxygen atoms in total. The van der Waals surface area contributed by atoms with Gasteiger partial charge in [0.25, 0.3) is 0 Å². The molecule has 1 amide bonds. The number of nitrogens with one attached hydrogen (secondary N) is 2. The molecule has 3 rings (SSSR count). The number of hydrogen-bond acceptors (Lipinski definition) is 7. The highest BCUT2D eigenvalue weighted by Crippen LogP contribution is 2.24. The van der Waals surface area contributed by atoms with Crippen molar-refractivity contribution in [3.8, 4) is 0 Å². The van der Waals surface area contributed by atoms with Crippen molar-refractivity contribution in [2.45, 2.75) is 44.4 Å². The minimum Gasteiger partial charge on any atom is -0.368 e. The van der Waals surface area contributed by atoms with Crippen molar-refractivity contribution in [2.75, 3.05) is 16.8 Å². The van der Waals surface area contributed by atoms with Crippen LogP contribution >= 0.6 is 11.8 Å². The lowest BCUT2D eigenvalue weighted by molar-refractivity contribution is -0.119. The summed E-state index contributed by atoms with van der Waals surface area (Å²) < 4.78 is 0. The summed E-state index contributed by atoms with van der Waals surface area (Å²) in [7, 11) is 0. The maximum absolute atomic E-state index is 12.2. The maximum Gasteiger partial charge on any atom is 0.232 e. The van der Waals surface area contributed by atoms with Gasteiger partial charge in [-0.2, -0.15) is 15.0 Å². The molecule has 0 bridgehead atoms. The molecule has 0 aliphatic heterocycles. The number of carbonyl (C=O) groups is 1. The molecular weight excluding hydrogens is 360 g/mol. The van der Waals surface area contributed by atoms with Gasteiger partial charge in [0.2, 0.25) is 17.8 Å². The van der Waals surface area contributed by atoms with E-state index in [1.54, 1.807) is 0 Å². The molecule has 1 heterocycles. The molecule has 2 aromatic rings. The molecular formula is C19H26N6OS. The molecule has 1 saturated carbocycles. The van der Waals surface area contributed by atoms with Gasteiger partial charge in [0.1, 0.15) is 5.82 Å². The number of thioether (sulfide) groups is 1. The smallest absolute Gasteiger partial charge is 0.232 e. The van der Waals surface area contributed by atoms with Gasteiger partial charge in [-0.05, 0) is 30.9 Å². The van der Waals surface area contributed by atoms with E-state index in [4.69, 9.17) is 5.73 Å². The summed E-state index contributed by atoms with van der Waals surface area (Å²) in [5, 5.41) is 6.27.